The van der Waals surface area contributed by atoms with Crippen molar-refractivity contribution in [2.45, 2.75) is 70.3 Å². The number of thiazole rings is 1. The topological polar surface area (TPSA) is 103 Å². The molecule has 156 valence electrons. The zero-order chi connectivity index (χ0) is 19.9. The van der Waals surface area contributed by atoms with Crippen LogP contribution in [0.4, 0.5) is 5.13 Å². The molecule has 0 spiro atoms. The first-order chi connectivity index (χ1) is 12.7. The first-order valence-electron chi connectivity index (χ1n) is 9.73. The largest absolute Gasteiger partial charge is 0.390 e. The summed E-state index contributed by atoms with van der Waals surface area (Å²) < 4.78 is 26.6. The van der Waals surface area contributed by atoms with E-state index < -0.39 is 14.8 Å². The Balaban J connectivity index is 1.55. The number of rotatable bonds is 10. The van der Waals surface area contributed by atoms with E-state index in [0.29, 0.717) is 11.6 Å². The summed E-state index contributed by atoms with van der Waals surface area (Å²) in [5.74, 6) is 0.624. The highest BCUT2D eigenvalue weighted by Crippen LogP contribution is 2.25. The molecule has 0 aromatic carbocycles. The van der Waals surface area contributed by atoms with Gasteiger partial charge in [-0.3, -0.25) is 0 Å². The Morgan fingerprint density at radius 3 is 2.52 bits per heavy atom. The van der Waals surface area contributed by atoms with Gasteiger partial charge in [0, 0.05) is 18.0 Å². The van der Waals surface area contributed by atoms with Gasteiger partial charge in [-0.05, 0) is 71.9 Å². The molecule has 0 aliphatic heterocycles. The molecule has 9 heteroatoms. The third-order valence-electron chi connectivity index (χ3n) is 4.93. The van der Waals surface area contributed by atoms with Crippen LogP contribution in [0, 0.1) is 5.92 Å². The maximum atomic E-state index is 12.2. The van der Waals surface area contributed by atoms with E-state index in [9.17, 15) is 8.42 Å². The van der Waals surface area contributed by atoms with E-state index in [1.807, 2.05) is 5.38 Å². The Bertz CT molecular complexity index is 662. The van der Waals surface area contributed by atoms with Gasteiger partial charge in [-0.15, -0.1) is 11.3 Å². The summed E-state index contributed by atoms with van der Waals surface area (Å²) >= 11 is 1.51. The fourth-order valence-electron chi connectivity index (χ4n) is 3.06. The van der Waals surface area contributed by atoms with Crippen molar-refractivity contribution in [2.24, 2.45) is 5.92 Å². The summed E-state index contributed by atoms with van der Waals surface area (Å²) in [6, 6.07) is 0.0804. The lowest BCUT2D eigenvalue weighted by atomic mass is 9.86. The van der Waals surface area contributed by atoms with E-state index in [0.717, 1.165) is 56.9 Å². The SMILES string of the molecule is CC(C)(C)S(=O)(=O)NC1CCC(CNCCCNc2nc(CO)cs2)CC1. The second kappa shape index (κ2) is 10.2. The van der Waals surface area contributed by atoms with Gasteiger partial charge in [-0.1, -0.05) is 0 Å². The van der Waals surface area contributed by atoms with E-state index in [-0.39, 0.29) is 12.6 Å². The van der Waals surface area contributed by atoms with Crippen molar-refractivity contribution in [3.63, 3.8) is 0 Å². The lowest BCUT2D eigenvalue weighted by Gasteiger charge is -2.31. The van der Waals surface area contributed by atoms with Gasteiger partial charge in [0.05, 0.1) is 17.0 Å². The summed E-state index contributed by atoms with van der Waals surface area (Å²) in [6.45, 7) is 7.98. The third-order valence-corrected chi connectivity index (χ3v) is 8.03. The van der Waals surface area contributed by atoms with Crippen LogP contribution in [0.1, 0.15) is 58.6 Å². The highest BCUT2D eigenvalue weighted by Gasteiger charge is 2.32. The molecule has 0 bridgehead atoms. The summed E-state index contributed by atoms with van der Waals surface area (Å²) in [5, 5.41) is 18.5. The molecule has 1 aromatic rings. The second-order valence-corrected chi connectivity index (χ2v) is 11.6. The summed E-state index contributed by atoms with van der Waals surface area (Å²) in [7, 11) is -3.26. The number of nitrogens with one attached hydrogen (secondary N) is 3. The summed E-state index contributed by atoms with van der Waals surface area (Å²) in [4.78, 5) is 4.26. The van der Waals surface area contributed by atoms with Gasteiger partial charge in [0.25, 0.3) is 0 Å². The van der Waals surface area contributed by atoms with Crippen LogP contribution < -0.4 is 15.4 Å². The van der Waals surface area contributed by atoms with Crippen LogP contribution in [0.3, 0.4) is 0 Å². The van der Waals surface area contributed by atoms with Crippen molar-refractivity contribution < 1.29 is 13.5 Å². The van der Waals surface area contributed by atoms with Crippen LogP contribution in [-0.4, -0.2) is 48.9 Å². The van der Waals surface area contributed by atoms with Crippen LogP contribution in [0.15, 0.2) is 5.38 Å². The number of sulfonamides is 1. The second-order valence-electron chi connectivity index (χ2n) is 8.24. The number of aliphatic hydroxyl groups excluding tert-OH is 1. The van der Waals surface area contributed by atoms with Gasteiger partial charge in [0.1, 0.15) is 0 Å². The van der Waals surface area contributed by atoms with E-state index in [1.165, 1.54) is 11.3 Å². The molecule has 1 aromatic heterocycles. The van der Waals surface area contributed by atoms with Crippen molar-refractivity contribution in [3.8, 4) is 0 Å². The predicted octanol–water partition coefficient (Wildman–Crippen LogP) is 2.30. The zero-order valence-corrected chi connectivity index (χ0v) is 18.3. The summed E-state index contributed by atoms with van der Waals surface area (Å²) in [5.41, 5.74) is 0.709. The molecule has 0 unspecified atom stereocenters. The average Bonchev–Trinajstić information content (AvgIpc) is 3.06. The molecular formula is C18H34N4O3S2. The first kappa shape index (κ1) is 22.5. The molecule has 0 radical (unpaired) electrons. The molecule has 0 amide bonds. The lowest BCUT2D eigenvalue weighted by Crippen LogP contribution is -2.46. The number of hydrogen-bond acceptors (Lipinski definition) is 7. The van der Waals surface area contributed by atoms with Gasteiger partial charge in [-0.25, -0.2) is 18.1 Å². The molecule has 0 saturated heterocycles. The molecule has 1 saturated carbocycles. The maximum absolute atomic E-state index is 12.2. The highest BCUT2D eigenvalue weighted by atomic mass is 32.2. The Morgan fingerprint density at radius 1 is 1.22 bits per heavy atom. The van der Waals surface area contributed by atoms with Crippen molar-refractivity contribution in [1.82, 2.24) is 15.0 Å². The molecule has 1 heterocycles. The van der Waals surface area contributed by atoms with E-state index in [1.54, 1.807) is 20.8 Å². The fraction of sp³-hybridized carbons (Fsp3) is 0.833. The Labute approximate surface area is 167 Å². The van der Waals surface area contributed by atoms with Crippen molar-refractivity contribution in [1.29, 1.82) is 0 Å². The van der Waals surface area contributed by atoms with Gasteiger partial charge in [0.2, 0.25) is 10.0 Å². The molecule has 27 heavy (non-hydrogen) atoms. The van der Waals surface area contributed by atoms with Crippen LogP contribution in [-0.2, 0) is 16.6 Å². The molecule has 1 aliphatic rings. The average molecular weight is 419 g/mol. The minimum Gasteiger partial charge on any atom is -0.390 e. The standard InChI is InChI=1S/C18H34N4O3S2/c1-18(2,3)27(24,25)22-15-7-5-14(6-8-15)11-19-9-4-10-20-17-21-16(12-23)13-26-17/h13-15,19,22-23H,4-12H2,1-3H3,(H,20,21). The summed E-state index contributed by atoms with van der Waals surface area (Å²) in [6.07, 6.45) is 4.97. The number of hydrogen-bond donors (Lipinski definition) is 4. The van der Waals surface area contributed by atoms with Gasteiger partial charge in [-0.2, -0.15) is 0 Å². The number of nitrogens with zero attached hydrogens (tertiary/aromatic N) is 1. The number of aliphatic hydroxyl groups is 1. The Hall–Kier alpha value is -0.740. The predicted molar refractivity (Wildman–Crippen MR) is 112 cm³/mol. The molecule has 1 fully saturated rings. The Morgan fingerprint density at radius 2 is 1.93 bits per heavy atom. The fourth-order valence-corrected chi connectivity index (χ4v) is 4.81. The van der Waals surface area contributed by atoms with Crippen LogP contribution >= 0.6 is 11.3 Å². The third kappa shape index (κ3) is 7.30. The van der Waals surface area contributed by atoms with E-state index in [2.05, 4.69) is 20.3 Å². The zero-order valence-electron chi connectivity index (χ0n) is 16.6. The van der Waals surface area contributed by atoms with Gasteiger partial charge >= 0.3 is 0 Å². The molecule has 2 rings (SSSR count). The maximum Gasteiger partial charge on any atom is 0.216 e. The van der Waals surface area contributed by atoms with Crippen molar-refractivity contribution in [3.05, 3.63) is 11.1 Å². The lowest BCUT2D eigenvalue weighted by molar-refractivity contribution is 0.278. The van der Waals surface area contributed by atoms with Crippen LogP contribution in [0.5, 0.6) is 0 Å². The van der Waals surface area contributed by atoms with Crippen LogP contribution in [0.2, 0.25) is 0 Å². The Kier molecular flexibility index (Phi) is 8.48. The van der Waals surface area contributed by atoms with Crippen LogP contribution in [0.25, 0.3) is 0 Å². The number of aromatic nitrogens is 1. The van der Waals surface area contributed by atoms with Gasteiger partial charge in [0.15, 0.2) is 5.13 Å². The minimum absolute atomic E-state index is 0.0142. The smallest absolute Gasteiger partial charge is 0.216 e. The monoisotopic (exact) mass is 418 g/mol. The van der Waals surface area contributed by atoms with Gasteiger partial charge < -0.3 is 15.7 Å². The van der Waals surface area contributed by atoms with Crippen molar-refractivity contribution in [2.75, 3.05) is 25.0 Å². The number of anilines is 1. The molecule has 7 nitrogen and oxygen atoms in total. The highest BCUT2D eigenvalue weighted by molar-refractivity contribution is 7.90. The molecular weight excluding hydrogens is 384 g/mol. The molecule has 4 N–H and O–H groups in total. The molecule has 1 aliphatic carbocycles. The van der Waals surface area contributed by atoms with Crippen molar-refractivity contribution >= 4 is 26.5 Å². The normalized spacial score (nSPS) is 21.3. The quantitative estimate of drug-likeness (QED) is 0.435. The first-order valence-corrected chi connectivity index (χ1v) is 12.1. The minimum atomic E-state index is -3.26. The van der Waals surface area contributed by atoms with E-state index >= 15 is 0 Å². The molecule has 0 atom stereocenters. The van der Waals surface area contributed by atoms with E-state index in [4.69, 9.17) is 5.11 Å².